The summed E-state index contributed by atoms with van der Waals surface area (Å²) in [6, 6.07) is 10.9. The highest BCUT2D eigenvalue weighted by molar-refractivity contribution is 6.72. The van der Waals surface area contributed by atoms with Crippen LogP contribution in [0.1, 0.15) is 12.0 Å². The number of benzene rings is 1. The zero-order valence-electron chi connectivity index (χ0n) is 17.4. The Balaban J connectivity index is 1.65. The molecule has 3 aliphatic rings. The molecule has 3 heterocycles. The van der Waals surface area contributed by atoms with E-state index in [0.717, 1.165) is 68.6 Å². The molecule has 0 radical (unpaired) electrons. The monoisotopic (exact) mass is 404 g/mol. The van der Waals surface area contributed by atoms with Gasteiger partial charge in [-0.1, -0.05) is 18.6 Å². The summed E-state index contributed by atoms with van der Waals surface area (Å²) in [6.45, 7) is 5.83. The Morgan fingerprint density at radius 2 is 1.97 bits per heavy atom. The number of likely N-dealkylation sites (tertiary alicyclic amines) is 1. The molecule has 156 valence electrons. The van der Waals surface area contributed by atoms with Crippen molar-refractivity contribution in [1.82, 2.24) is 4.90 Å². The molecule has 0 unspecified atom stereocenters. The maximum atomic E-state index is 5.89. The number of nitrogens with two attached hydrogens (primary N) is 1. The molecule has 30 heavy (non-hydrogen) atoms. The largest absolute Gasteiger partial charge is 0.378 e. The van der Waals surface area contributed by atoms with Crippen molar-refractivity contribution in [3.8, 4) is 12.5 Å². The zero-order chi connectivity index (χ0) is 20.9. The molecule has 0 aliphatic carbocycles. The van der Waals surface area contributed by atoms with Gasteiger partial charge in [0.05, 0.1) is 18.9 Å². The molecular formula is C23H28N6O. The lowest BCUT2D eigenvalue weighted by Crippen LogP contribution is -2.40. The number of aliphatic imine (C=N–C) groups is 3. The maximum Gasteiger partial charge on any atom is 0.157 e. The van der Waals surface area contributed by atoms with Crippen LogP contribution in [-0.2, 0) is 4.74 Å². The van der Waals surface area contributed by atoms with Crippen molar-refractivity contribution in [2.24, 2.45) is 26.6 Å². The highest BCUT2D eigenvalue weighted by Crippen LogP contribution is 2.26. The molecule has 0 amide bonds. The van der Waals surface area contributed by atoms with Gasteiger partial charge in [0.25, 0.3) is 0 Å². The maximum absolute atomic E-state index is 5.89. The van der Waals surface area contributed by atoms with Crippen molar-refractivity contribution < 1.29 is 4.74 Å². The van der Waals surface area contributed by atoms with E-state index in [1.165, 1.54) is 5.69 Å². The number of anilines is 1. The topological polar surface area (TPSA) is 78.8 Å². The van der Waals surface area contributed by atoms with Gasteiger partial charge in [-0.25, -0.2) is 4.99 Å². The van der Waals surface area contributed by atoms with Crippen LogP contribution < -0.4 is 10.6 Å². The Hall–Kier alpha value is -2.95. The molecule has 0 aromatic heterocycles. The third kappa shape index (κ3) is 4.16. The standard InChI is InChI=1S/C23H28N6O/c1-3-26-21-14-20(18-4-6-19(7-5-18)28-10-12-30-13-11-28)27-23(22(21)25-2)29-9-8-17(15-24)16-29/h1,4-7,14,17H,8-13,15-16,24H2,2H3/t17-/m0/s1. The molecule has 2 saturated heterocycles. The minimum Gasteiger partial charge on any atom is -0.378 e. The number of allylic oxidation sites excluding steroid dienone is 1. The van der Waals surface area contributed by atoms with E-state index in [4.69, 9.17) is 21.9 Å². The van der Waals surface area contributed by atoms with E-state index < -0.39 is 0 Å². The molecule has 4 rings (SSSR count). The van der Waals surface area contributed by atoms with E-state index in [-0.39, 0.29) is 0 Å². The number of rotatable bonds is 3. The Morgan fingerprint density at radius 1 is 1.20 bits per heavy atom. The molecule has 0 spiro atoms. The van der Waals surface area contributed by atoms with E-state index in [1.807, 2.05) is 6.08 Å². The van der Waals surface area contributed by atoms with Crippen LogP contribution in [0.15, 0.2) is 45.3 Å². The van der Waals surface area contributed by atoms with E-state index in [1.54, 1.807) is 7.05 Å². The van der Waals surface area contributed by atoms with Crippen molar-refractivity contribution in [2.75, 3.05) is 57.9 Å². The van der Waals surface area contributed by atoms with Gasteiger partial charge in [0, 0.05) is 50.5 Å². The SMILES string of the molecule is C#CN=C1C=C(c2ccc(N3CCOCC3)cc2)N=C(N2CC[C@@H](CN)C2)C1=NC. The average molecular weight is 405 g/mol. The number of nitrogens with zero attached hydrogens (tertiary/aromatic N) is 5. The lowest BCUT2D eigenvalue weighted by molar-refractivity contribution is 0.122. The lowest BCUT2D eigenvalue weighted by atomic mass is 10.0. The Bertz CT molecular complexity index is 931. The van der Waals surface area contributed by atoms with Crippen molar-refractivity contribution in [2.45, 2.75) is 6.42 Å². The Morgan fingerprint density at radius 3 is 2.60 bits per heavy atom. The normalized spacial score (nSPS) is 24.8. The van der Waals surface area contributed by atoms with E-state index in [0.29, 0.717) is 18.2 Å². The van der Waals surface area contributed by atoms with E-state index in [9.17, 15) is 0 Å². The molecule has 7 heteroatoms. The molecule has 0 saturated carbocycles. The van der Waals surface area contributed by atoms with Crippen LogP contribution >= 0.6 is 0 Å². The fourth-order valence-corrected chi connectivity index (χ4v) is 4.13. The summed E-state index contributed by atoms with van der Waals surface area (Å²) in [7, 11) is 1.75. The molecule has 3 aliphatic heterocycles. The molecular weight excluding hydrogens is 376 g/mol. The van der Waals surface area contributed by atoms with Gasteiger partial charge in [-0.3, -0.25) is 4.99 Å². The van der Waals surface area contributed by atoms with Gasteiger partial charge < -0.3 is 20.3 Å². The molecule has 2 fully saturated rings. The number of amidine groups is 1. The van der Waals surface area contributed by atoms with Crippen molar-refractivity contribution >= 4 is 28.6 Å². The number of hydrogen-bond acceptors (Lipinski definition) is 7. The first-order chi connectivity index (χ1) is 14.7. The van der Waals surface area contributed by atoms with Crippen LogP contribution in [0.2, 0.25) is 0 Å². The van der Waals surface area contributed by atoms with Crippen LogP contribution in [0.25, 0.3) is 5.70 Å². The summed E-state index contributed by atoms with van der Waals surface area (Å²) in [6.07, 6.45) is 8.48. The third-order valence-corrected chi connectivity index (χ3v) is 5.82. The smallest absolute Gasteiger partial charge is 0.157 e. The zero-order valence-corrected chi connectivity index (χ0v) is 17.4. The van der Waals surface area contributed by atoms with Gasteiger partial charge in [-0.2, -0.15) is 4.99 Å². The molecule has 1 aromatic carbocycles. The van der Waals surface area contributed by atoms with Crippen molar-refractivity contribution in [1.29, 1.82) is 0 Å². The molecule has 0 bridgehead atoms. The summed E-state index contributed by atoms with van der Waals surface area (Å²) in [4.78, 5) is 18.3. The second kappa shape index (κ2) is 9.24. The van der Waals surface area contributed by atoms with Gasteiger partial charge in [-0.15, -0.1) is 0 Å². The van der Waals surface area contributed by atoms with Crippen LogP contribution in [0.3, 0.4) is 0 Å². The predicted molar refractivity (Wildman–Crippen MR) is 123 cm³/mol. The average Bonchev–Trinajstić information content (AvgIpc) is 3.29. The first-order valence-electron chi connectivity index (χ1n) is 10.4. The molecule has 1 atom stereocenters. The van der Waals surface area contributed by atoms with Crippen molar-refractivity contribution in [3.05, 3.63) is 35.9 Å². The lowest BCUT2D eigenvalue weighted by Gasteiger charge is -2.29. The van der Waals surface area contributed by atoms with Crippen LogP contribution in [0.5, 0.6) is 0 Å². The van der Waals surface area contributed by atoms with Gasteiger partial charge in [0.1, 0.15) is 11.4 Å². The molecule has 1 aromatic rings. The minimum atomic E-state index is 0.473. The first kappa shape index (κ1) is 20.3. The number of ether oxygens (including phenoxy) is 1. The highest BCUT2D eigenvalue weighted by atomic mass is 16.5. The summed E-state index contributed by atoms with van der Waals surface area (Å²) in [5.74, 6) is 1.30. The van der Waals surface area contributed by atoms with E-state index >= 15 is 0 Å². The van der Waals surface area contributed by atoms with E-state index in [2.05, 4.69) is 50.1 Å². The summed E-state index contributed by atoms with van der Waals surface area (Å²) in [5, 5.41) is 0. The predicted octanol–water partition coefficient (Wildman–Crippen LogP) is 1.66. The summed E-state index contributed by atoms with van der Waals surface area (Å²) >= 11 is 0. The van der Waals surface area contributed by atoms with Gasteiger partial charge >= 0.3 is 0 Å². The van der Waals surface area contributed by atoms with Gasteiger partial charge in [-0.05, 0) is 37.1 Å². The second-order valence-corrected chi connectivity index (χ2v) is 7.65. The summed E-state index contributed by atoms with van der Waals surface area (Å²) in [5.41, 5.74) is 10.4. The van der Waals surface area contributed by atoms with Crippen LogP contribution in [0.4, 0.5) is 5.69 Å². The Kier molecular flexibility index (Phi) is 6.26. The fraction of sp³-hybridized carbons (Fsp3) is 0.435. The first-order valence-corrected chi connectivity index (χ1v) is 10.4. The third-order valence-electron chi connectivity index (χ3n) is 5.82. The van der Waals surface area contributed by atoms with Crippen LogP contribution in [-0.4, -0.2) is 75.1 Å². The number of morpholine rings is 1. The number of terminal acetylenes is 1. The fourth-order valence-electron chi connectivity index (χ4n) is 4.13. The second-order valence-electron chi connectivity index (χ2n) is 7.65. The summed E-state index contributed by atoms with van der Waals surface area (Å²) < 4.78 is 5.45. The highest BCUT2D eigenvalue weighted by Gasteiger charge is 2.30. The van der Waals surface area contributed by atoms with Crippen LogP contribution in [0, 0.1) is 18.4 Å². The number of hydrogen-bond donors (Lipinski definition) is 1. The molecule has 7 nitrogen and oxygen atoms in total. The van der Waals surface area contributed by atoms with Gasteiger partial charge in [0.15, 0.2) is 5.84 Å². The minimum absolute atomic E-state index is 0.473. The quantitative estimate of drug-likeness (QED) is 0.777. The Labute approximate surface area is 178 Å². The van der Waals surface area contributed by atoms with Gasteiger partial charge in [0.2, 0.25) is 0 Å². The molecule has 2 N–H and O–H groups in total. The van der Waals surface area contributed by atoms with Crippen molar-refractivity contribution in [3.63, 3.8) is 0 Å².